The second-order valence-electron chi connectivity index (χ2n) is 8.51. The Hall–Kier alpha value is -3.19. The van der Waals surface area contributed by atoms with Gasteiger partial charge in [-0.1, -0.05) is 12.1 Å². The molecule has 4 rings (SSSR count). The van der Waals surface area contributed by atoms with Gasteiger partial charge in [-0.2, -0.15) is 5.10 Å². The van der Waals surface area contributed by atoms with Gasteiger partial charge >= 0.3 is 0 Å². The van der Waals surface area contributed by atoms with Crippen LogP contribution in [0.4, 0.5) is 0 Å². The van der Waals surface area contributed by atoms with E-state index >= 15 is 0 Å². The molecule has 1 unspecified atom stereocenters. The number of piperidine rings is 1. The molecule has 0 spiro atoms. The van der Waals surface area contributed by atoms with Crippen LogP contribution in [0.2, 0.25) is 0 Å². The molecule has 1 N–H and O–H groups in total. The summed E-state index contributed by atoms with van der Waals surface area (Å²) < 4.78 is 5.44. The molecular formula is C25H31N5O2. The van der Waals surface area contributed by atoms with E-state index in [1.807, 2.05) is 23.4 Å². The van der Waals surface area contributed by atoms with Gasteiger partial charge in [0.05, 0.1) is 18.9 Å². The number of aromatic amines is 1. The monoisotopic (exact) mass is 433 g/mol. The third kappa shape index (κ3) is 5.34. The summed E-state index contributed by atoms with van der Waals surface area (Å²) in [6.07, 6.45) is 9.88. The first kappa shape index (κ1) is 22.0. The molecule has 1 fully saturated rings. The third-order valence-corrected chi connectivity index (χ3v) is 6.44. The van der Waals surface area contributed by atoms with E-state index in [9.17, 15) is 4.79 Å². The summed E-state index contributed by atoms with van der Waals surface area (Å²) in [5.41, 5.74) is 3.16. The number of ether oxygens (including phenoxy) is 1. The van der Waals surface area contributed by atoms with E-state index < -0.39 is 0 Å². The summed E-state index contributed by atoms with van der Waals surface area (Å²) >= 11 is 0. The van der Waals surface area contributed by atoms with Crippen molar-refractivity contribution in [2.24, 2.45) is 5.92 Å². The second-order valence-corrected chi connectivity index (χ2v) is 8.51. The van der Waals surface area contributed by atoms with Crippen LogP contribution in [0.3, 0.4) is 0 Å². The van der Waals surface area contributed by atoms with E-state index in [2.05, 4.69) is 57.5 Å². The minimum atomic E-state index is 0.0617. The highest BCUT2D eigenvalue weighted by Gasteiger charge is 2.31. The van der Waals surface area contributed by atoms with Gasteiger partial charge in [0.2, 0.25) is 0 Å². The van der Waals surface area contributed by atoms with Gasteiger partial charge < -0.3 is 9.64 Å². The average Bonchev–Trinajstić information content (AvgIpc) is 3.38. The van der Waals surface area contributed by atoms with Gasteiger partial charge in [-0.15, -0.1) is 0 Å². The number of methoxy groups -OCH3 is 1. The predicted molar refractivity (Wildman–Crippen MR) is 123 cm³/mol. The lowest BCUT2D eigenvalue weighted by molar-refractivity contribution is 0.0603. The number of carbonyl (C=O) groups excluding carboxylic acids is 1. The maximum atomic E-state index is 12.7. The molecule has 0 bridgehead atoms. The smallest absolute Gasteiger partial charge is 0.257 e. The lowest BCUT2D eigenvalue weighted by Crippen LogP contribution is -2.46. The molecule has 0 aliphatic carbocycles. The number of likely N-dealkylation sites (N-methyl/N-ethyl adjacent to an activating group) is 1. The zero-order chi connectivity index (χ0) is 22.3. The molecule has 2 aromatic heterocycles. The third-order valence-electron chi connectivity index (χ3n) is 6.44. The SMILES string of the molecule is COc1cccc(CC(C2CCN(C(=O)c3cn[nH]c3)CC2)N(C)Cc2ccncc2)c1. The Kier molecular flexibility index (Phi) is 7.17. The van der Waals surface area contributed by atoms with Crippen molar-refractivity contribution in [1.82, 2.24) is 25.0 Å². The topological polar surface area (TPSA) is 74.3 Å². The van der Waals surface area contributed by atoms with Gasteiger partial charge in [0.1, 0.15) is 5.75 Å². The van der Waals surface area contributed by atoms with Gasteiger partial charge in [0.15, 0.2) is 0 Å². The number of aromatic nitrogens is 3. The van der Waals surface area contributed by atoms with Gasteiger partial charge in [-0.3, -0.25) is 19.8 Å². The highest BCUT2D eigenvalue weighted by molar-refractivity contribution is 5.93. The molecule has 7 nitrogen and oxygen atoms in total. The zero-order valence-electron chi connectivity index (χ0n) is 18.8. The normalized spacial score (nSPS) is 15.7. The van der Waals surface area contributed by atoms with Gasteiger partial charge in [0, 0.05) is 44.3 Å². The molecule has 7 heteroatoms. The van der Waals surface area contributed by atoms with E-state index in [4.69, 9.17) is 4.74 Å². The Labute approximate surface area is 189 Å². The summed E-state index contributed by atoms with van der Waals surface area (Å²) in [5.74, 6) is 1.45. The quantitative estimate of drug-likeness (QED) is 0.589. The molecule has 1 amide bonds. The van der Waals surface area contributed by atoms with Crippen molar-refractivity contribution >= 4 is 5.91 Å². The molecule has 1 atom stereocenters. The zero-order valence-corrected chi connectivity index (χ0v) is 18.8. The molecule has 0 radical (unpaired) electrons. The van der Waals surface area contributed by atoms with Crippen LogP contribution in [0.25, 0.3) is 0 Å². The number of likely N-dealkylation sites (tertiary alicyclic amines) is 1. The molecule has 1 saturated heterocycles. The van der Waals surface area contributed by atoms with E-state index in [0.717, 1.165) is 44.6 Å². The number of hydrogen-bond acceptors (Lipinski definition) is 5. The number of benzene rings is 1. The van der Waals surface area contributed by atoms with E-state index in [1.54, 1.807) is 19.5 Å². The van der Waals surface area contributed by atoms with Crippen LogP contribution in [-0.2, 0) is 13.0 Å². The minimum Gasteiger partial charge on any atom is -0.497 e. The van der Waals surface area contributed by atoms with E-state index in [1.165, 1.54) is 11.1 Å². The van der Waals surface area contributed by atoms with Crippen LogP contribution in [0, 0.1) is 5.92 Å². The van der Waals surface area contributed by atoms with Crippen molar-refractivity contribution in [3.63, 3.8) is 0 Å². The van der Waals surface area contributed by atoms with Crippen molar-refractivity contribution in [2.75, 3.05) is 27.2 Å². The van der Waals surface area contributed by atoms with Crippen LogP contribution in [0.15, 0.2) is 61.2 Å². The van der Waals surface area contributed by atoms with Crippen molar-refractivity contribution < 1.29 is 9.53 Å². The fourth-order valence-electron chi connectivity index (χ4n) is 4.65. The first-order valence-corrected chi connectivity index (χ1v) is 11.1. The van der Waals surface area contributed by atoms with Crippen molar-refractivity contribution in [3.05, 3.63) is 77.9 Å². The Morgan fingerprint density at radius 3 is 2.69 bits per heavy atom. The van der Waals surface area contributed by atoms with Crippen LogP contribution < -0.4 is 4.74 Å². The Balaban J connectivity index is 1.47. The highest BCUT2D eigenvalue weighted by Crippen LogP contribution is 2.28. The number of nitrogens with one attached hydrogen (secondary N) is 1. The number of carbonyl (C=O) groups is 1. The molecule has 1 aliphatic rings. The number of nitrogens with zero attached hydrogens (tertiary/aromatic N) is 4. The summed E-state index contributed by atoms with van der Waals surface area (Å²) in [5, 5.41) is 6.64. The number of pyridine rings is 1. The number of amides is 1. The molecule has 1 aliphatic heterocycles. The average molecular weight is 434 g/mol. The second kappa shape index (κ2) is 10.4. The predicted octanol–water partition coefficient (Wildman–Crippen LogP) is 3.41. The van der Waals surface area contributed by atoms with Crippen molar-refractivity contribution in [2.45, 2.75) is 31.8 Å². The van der Waals surface area contributed by atoms with Gasteiger partial charge in [0.25, 0.3) is 5.91 Å². The van der Waals surface area contributed by atoms with Crippen LogP contribution >= 0.6 is 0 Å². The molecule has 32 heavy (non-hydrogen) atoms. The number of rotatable bonds is 8. The number of hydrogen-bond donors (Lipinski definition) is 1. The van der Waals surface area contributed by atoms with E-state index in [0.29, 0.717) is 17.5 Å². The Morgan fingerprint density at radius 1 is 1.22 bits per heavy atom. The molecule has 1 aromatic carbocycles. The Bertz CT molecular complexity index is 985. The highest BCUT2D eigenvalue weighted by atomic mass is 16.5. The fourth-order valence-corrected chi connectivity index (χ4v) is 4.65. The lowest BCUT2D eigenvalue weighted by Gasteiger charge is -2.40. The maximum Gasteiger partial charge on any atom is 0.257 e. The summed E-state index contributed by atoms with van der Waals surface area (Å²) in [4.78, 5) is 21.3. The minimum absolute atomic E-state index is 0.0617. The maximum absolute atomic E-state index is 12.7. The standard InChI is InChI=1S/C25H31N5O2/c1-29(18-19-6-10-26-11-7-19)24(15-20-4-3-5-23(14-20)32-2)21-8-12-30(13-9-21)25(31)22-16-27-28-17-22/h3-7,10-11,14,16-17,21,24H,8-9,12-13,15,18H2,1-2H3,(H,27,28). The van der Waals surface area contributed by atoms with Crippen LogP contribution in [0.1, 0.15) is 34.3 Å². The first-order chi connectivity index (χ1) is 15.6. The van der Waals surface area contributed by atoms with E-state index in [-0.39, 0.29) is 5.91 Å². The molecule has 3 heterocycles. The van der Waals surface area contributed by atoms with Gasteiger partial charge in [-0.25, -0.2) is 0 Å². The molecule has 168 valence electrons. The lowest BCUT2D eigenvalue weighted by atomic mass is 9.84. The van der Waals surface area contributed by atoms with Crippen molar-refractivity contribution in [3.8, 4) is 5.75 Å². The first-order valence-electron chi connectivity index (χ1n) is 11.1. The number of H-pyrrole nitrogens is 1. The fraction of sp³-hybridized carbons (Fsp3) is 0.400. The van der Waals surface area contributed by atoms with Crippen LogP contribution in [0.5, 0.6) is 5.75 Å². The van der Waals surface area contributed by atoms with Gasteiger partial charge in [-0.05, 0) is 67.6 Å². The summed E-state index contributed by atoms with van der Waals surface area (Å²) in [6.45, 7) is 2.41. The van der Waals surface area contributed by atoms with Crippen molar-refractivity contribution in [1.29, 1.82) is 0 Å². The Morgan fingerprint density at radius 2 is 2.00 bits per heavy atom. The summed E-state index contributed by atoms with van der Waals surface area (Å²) in [7, 11) is 3.91. The van der Waals surface area contributed by atoms with Crippen LogP contribution in [-0.4, -0.2) is 64.2 Å². The summed E-state index contributed by atoms with van der Waals surface area (Å²) in [6, 6.07) is 12.9. The molecule has 0 saturated carbocycles. The molecular weight excluding hydrogens is 402 g/mol. The molecule has 3 aromatic rings. The largest absolute Gasteiger partial charge is 0.497 e.